The summed E-state index contributed by atoms with van der Waals surface area (Å²) in [6.07, 6.45) is 4.46. The average molecular weight is 286 g/mol. The van der Waals surface area contributed by atoms with Crippen LogP contribution in [0.3, 0.4) is 0 Å². The van der Waals surface area contributed by atoms with Gasteiger partial charge in [0.05, 0.1) is 24.1 Å². The van der Waals surface area contributed by atoms with Crippen LogP contribution in [0.1, 0.15) is 17.0 Å². The smallest absolute Gasteiger partial charge is 0.166 e. The van der Waals surface area contributed by atoms with E-state index in [1.165, 1.54) is 5.56 Å². The molecular weight excluding hydrogens is 268 g/mol. The molecule has 1 aromatic heterocycles. The van der Waals surface area contributed by atoms with Gasteiger partial charge in [-0.1, -0.05) is 30.3 Å². The van der Waals surface area contributed by atoms with Gasteiger partial charge < -0.3 is 10.6 Å². The zero-order valence-corrected chi connectivity index (χ0v) is 12.3. The van der Waals surface area contributed by atoms with Gasteiger partial charge in [-0.05, 0) is 31.1 Å². The molecule has 0 atom stereocenters. The van der Waals surface area contributed by atoms with Crippen LogP contribution in [0.4, 0.5) is 0 Å². The summed E-state index contributed by atoms with van der Waals surface area (Å²) in [6.45, 7) is 3.32. The fraction of sp³-hybridized carbons (Fsp3) is 0.267. The fourth-order valence-electron chi connectivity index (χ4n) is 1.71. The third-order valence-electron chi connectivity index (χ3n) is 2.81. The van der Waals surface area contributed by atoms with Crippen molar-refractivity contribution in [3.63, 3.8) is 0 Å². The van der Waals surface area contributed by atoms with Gasteiger partial charge in [0.25, 0.3) is 0 Å². The highest BCUT2D eigenvalue weighted by atomic mass is 32.1. The minimum Gasteiger partial charge on any atom is -0.362 e. The first-order valence-electron chi connectivity index (χ1n) is 6.57. The van der Waals surface area contributed by atoms with E-state index >= 15 is 0 Å². The van der Waals surface area contributed by atoms with Crippen LogP contribution in [0.15, 0.2) is 42.7 Å². The molecule has 4 nitrogen and oxygen atoms in total. The van der Waals surface area contributed by atoms with E-state index in [1.54, 1.807) is 12.4 Å². The van der Waals surface area contributed by atoms with Gasteiger partial charge in [-0.2, -0.15) is 0 Å². The lowest BCUT2D eigenvalue weighted by Gasteiger charge is -2.10. The highest BCUT2D eigenvalue weighted by Gasteiger charge is 1.98. The number of rotatable bonds is 5. The molecule has 20 heavy (non-hydrogen) atoms. The van der Waals surface area contributed by atoms with Crippen molar-refractivity contribution in [3.8, 4) is 0 Å². The summed E-state index contributed by atoms with van der Waals surface area (Å²) in [5.74, 6) is 0. The van der Waals surface area contributed by atoms with Gasteiger partial charge in [-0.25, -0.2) is 0 Å². The second kappa shape index (κ2) is 7.55. The van der Waals surface area contributed by atoms with Crippen molar-refractivity contribution in [2.45, 2.75) is 19.9 Å². The van der Waals surface area contributed by atoms with Crippen LogP contribution in [-0.4, -0.2) is 21.6 Å². The highest BCUT2D eigenvalue weighted by Crippen LogP contribution is 1.98. The third-order valence-corrected chi connectivity index (χ3v) is 3.10. The summed E-state index contributed by atoms with van der Waals surface area (Å²) in [7, 11) is 0. The summed E-state index contributed by atoms with van der Waals surface area (Å²) in [5.41, 5.74) is 3.09. The molecule has 2 aromatic rings. The van der Waals surface area contributed by atoms with Crippen LogP contribution in [0, 0.1) is 6.92 Å². The molecule has 0 bridgehead atoms. The Kier molecular flexibility index (Phi) is 5.43. The number of hydrogen-bond donors (Lipinski definition) is 2. The van der Waals surface area contributed by atoms with E-state index < -0.39 is 0 Å². The second-order valence-corrected chi connectivity index (χ2v) is 4.90. The third kappa shape index (κ3) is 4.93. The maximum atomic E-state index is 5.22. The van der Waals surface area contributed by atoms with Crippen molar-refractivity contribution in [2.75, 3.05) is 6.54 Å². The van der Waals surface area contributed by atoms with Crippen LogP contribution >= 0.6 is 12.2 Å². The van der Waals surface area contributed by atoms with Crippen LogP contribution in [0.25, 0.3) is 0 Å². The van der Waals surface area contributed by atoms with Crippen LogP contribution in [-0.2, 0) is 13.0 Å². The van der Waals surface area contributed by atoms with Crippen LogP contribution in [0.2, 0.25) is 0 Å². The Morgan fingerprint density at radius 2 is 1.90 bits per heavy atom. The number of thiocarbonyl (C=S) groups is 1. The van der Waals surface area contributed by atoms with Gasteiger partial charge in [0.2, 0.25) is 0 Å². The average Bonchev–Trinajstić information content (AvgIpc) is 2.48. The van der Waals surface area contributed by atoms with Crippen molar-refractivity contribution >= 4 is 17.3 Å². The summed E-state index contributed by atoms with van der Waals surface area (Å²) in [6, 6.07) is 10.3. The van der Waals surface area contributed by atoms with Gasteiger partial charge >= 0.3 is 0 Å². The summed E-state index contributed by atoms with van der Waals surface area (Å²) >= 11 is 5.22. The summed E-state index contributed by atoms with van der Waals surface area (Å²) < 4.78 is 0. The van der Waals surface area contributed by atoms with E-state index in [0.29, 0.717) is 11.7 Å². The predicted molar refractivity (Wildman–Crippen MR) is 84.4 cm³/mol. The SMILES string of the molecule is Cc1cnc(CNC(=S)NCCc2ccccc2)cn1. The zero-order chi connectivity index (χ0) is 14.2. The van der Waals surface area contributed by atoms with E-state index in [2.05, 4.69) is 32.7 Å². The minimum atomic E-state index is 0.588. The first-order valence-corrected chi connectivity index (χ1v) is 6.98. The molecule has 0 aliphatic carbocycles. The first kappa shape index (κ1) is 14.4. The lowest BCUT2D eigenvalue weighted by atomic mass is 10.1. The Labute approximate surface area is 124 Å². The topological polar surface area (TPSA) is 49.8 Å². The van der Waals surface area contributed by atoms with E-state index in [1.807, 2.05) is 25.1 Å². The van der Waals surface area contributed by atoms with E-state index in [9.17, 15) is 0 Å². The molecule has 0 amide bonds. The lowest BCUT2D eigenvalue weighted by molar-refractivity contribution is 0.797. The standard InChI is InChI=1S/C15H18N4S/c1-12-9-18-14(10-17-12)11-19-15(20)16-8-7-13-5-3-2-4-6-13/h2-6,9-10H,7-8,11H2,1H3,(H2,16,19,20). The Morgan fingerprint density at radius 1 is 1.10 bits per heavy atom. The molecule has 0 saturated heterocycles. The van der Waals surface area contributed by atoms with Gasteiger partial charge in [0.1, 0.15) is 0 Å². The molecule has 5 heteroatoms. The van der Waals surface area contributed by atoms with Crippen molar-refractivity contribution in [1.82, 2.24) is 20.6 Å². The molecule has 2 N–H and O–H groups in total. The molecule has 2 rings (SSSR count). The van der Waals surface area contributed by atoms with Gasteiger partial charge in [0.15, 0.2) is 5.11 Å². The molecule has 0 spiro atoms. The largest absolute Gasteiger partial charge is 0.362 e. The highest BCUT2D eigenvalue weighted by molar-refractivity contribution is 7.80. The summed E-state index contributed by atoms with van der Waals surface area (Å²) in [4.78, 5) is 8.46. The van der Waals surface area contributed by atoms with Gasteiger partial charge in [-0.15, -0.1) is 0 Å². The molecule has 1 heterocycles. The fourth-order valence-corrected chi connectivity index (χ4v) is 1.88. The summed E-state index contributed by atoms with van der Waals surface area (Å²) in [5, 5.41) is 6.95. The van der Waals surface area contributed by atoms with Crippen molar-refractivity contribution < 1.29 is 0 Å². The Morgan fingerprint density at radius 3 is 2.60 bits per heavy atom. The van der Waals surface area contributed by atoms with Gasteiger partial charge in [0, 0.05) is 12.7 Å². The van der Waals surface area contributed by atoms with E-state index in [-0.39, 0.29) is 0 Å². The van der Waals surface area contributed by atoms with E-state index in [0.717, 1.165) is 24.4 Å². The Bertz CT molecular complexity index is 540. The maximum Gasteiger partial charge on any atom is 0.166 e. The molecule has 1 aromatic carbocycles. The molecule has 0 radical (unpaired) electrons. The van der Waals surface area contributed by atoms with Crippen LogP contribution in [0.5, 0.6) is 0 Å². The molecular formula is C15H18N4S. The van der Waals surface area contributed by atoms with Crippen molar-refractivity contribution in [2.24, 2.45) is 0 Å². The molecule has 0 aliphatic heterocycles. The van der Waals surface area contributed by atoms with E-state index in [4.69, 9.17) is 12.2 Å². The number of benzene rings is 1. The number of nitrogens with one attached hydrogen (secondary N) is 2. The zero-order valence-electron chi connectivity index (χ0n) is 11.5. The maximum absolute atomic E-state index is 5.22. The monoisotopic (exact) mass is 286 g/mol. The number of aryl methyl sites for hydroxylation is 1. The number of hydrogen-bond acceptors (Lipinski definition) is 3. The van der Waals surface area contributed by atoms with Crippen molar-refractivity contribution in [1.29, 1.82) is 0 Å². The first-order chi connectivity index (χ1) is 9.74. The predicted octanol–water partition coefficient (Wildman–Crippen LogP) is 1.99. The quantitative estimate of drug-likeness (QED) is 0.823. The number of aromatic nitrogens is 2. The van der Waals surface area contributed by atoms with Crippen LogP contribution < -0.4 is 10.6 Å². The van der Waals surface area contributed by atoms with Crippen molar-refractivity contribution in [3.05, 3.63) is 59.7 Å². The second-order valence-electron chi connectivity index (χ2n) is 4.49. The molecule has 0 fully saturated rings. The Balaban J connectivity index is 1.67. The molecule has 104 valence electrons. The minimum absolute atomic E-state index is 0.588. The molecule has 0 aliphatic rings. The normalized spacial score (nSPS) is 10.1. The Hall–Kier alpha value is -2.01. The molecule has 0 unspecified atom stereocenters. The number of nitrogens with zero attached hydrogens (tertiary/aromatic N) is 2. The molecule has 0 saturated carbocycles. The van der Waals surface area contributed by atoms with Gasteiger partial charge in [-0.3, -0.25) is 9.97 Å². The lowest BCUT2D eigenvalue weighted by Crippen LogP contribution is -2.36.